The summed E-state index contributed by atoms with van der Waals surface area (Å²) in [6.07, 6.45) is 15.6. The fraction of sp³-hybridized carbons (Fsp3) is 0.395. The van der Waals surface area contributed by atoms with Gasteiger partial charge in [0.05, 0.1) is 11.4 Å². The highest BCUT2D eigenvalue weighted by Crippen LogP contribution is 2.26. The highest BCUT2D eigenvalue weighted by molar-refractivity contribution is 6.15. The van der Waals surface area contributed by atoms with Crippen molar-refractivity contribution < 1.29 is 14.4 Å². The zero-order valence-corrected chi connectivity index (χ0v) is 27.3. The second kappa shape index (κ2) is 16.7. The molecule has 0 aliphatic heterocycles. The molecule has 3 amide bonds. The van der Waals surface area contributed by atoms with E-state index in [9.17, 15) is 14.4 Å². The highest BCUT2D eigenvalue weighted by Gasteiger charge is 2.20. The number of benzene rings is 2. The van der Waals surface area contributed by atoms with E-state index in [1.807, 2.05) is 43.3 Å². The second-order valence-electron chi connectivity index (χ2n) is 12.7. The van der Waals surface area contributed by atoms with Crippen molar-refractivity contribution in [1.82, 2.24) is 20.6 Å². The lowest BCUT2D eigenvalue weighted by Crippen LogP contribution is -2.31. The Balaban J connectivity index is 0.000000216. The largest absolute Gasteiger partial charge is 0.397 e. The summed E-state index contributed by atoms with van der Waals surface area (Å²) in [5.41, 5.74) is 8.85. The summed E-state index contributed by atoms with van der Waals surface area (Å²) in [4.78, 5) is 45.9. The molecule has 2 fully saturated rings. The second-order valence-corrected chi connectivity index (χ2v) is 12.7. The predicted molar refractivity (Wildman–Crippen MR) is 187 cm³/mol. The highest BCUT2D eigenvalue weighted by atomic mass is 16.2. The van der Waals surface area contributed by atoms with Crippen molar-refractivity contribution in [3.8, 4) is 0 Å². The summed E-state index contributed by atoms with van der Waals surface area (Å²) in [6, 6.07) is 18.5. The number of hydrogen-bond acceptors (Lipinski definition) is 6. The topological polar surface area (TPSA) is 139 Å². The fourth-order valence-corrected chi connectivity index (χ4v) is 6.56. The minimum absolute atomic E-state index is 0.159. The first kappa shape index (κ1) is 33.6. The Morgan fingerprint density at radius 1 is 0.660 bits per heavy atom. The molecule has 5 N–H and O–H groups in total. The van der Waals surface area contributed by atoms with Crippen LogP contribution in [0.3, 0.4) is 0 Å². The lowest BCUT2D eigenvalue weighted by atomic mass is 9.89. The average molecular weight is 635 g/mol. The molecule has 2 aliphatic rings. The summed E-state index contributed by atoms with van der Waals surface area (Å²) < 4.78 is 0. The van der Waals surface area contributed by atoms with Crippen LogP contribution in [0, 0.1) is 18.8 Å². The van der Waals surface area contributed by atoms with E-state index in [0.29, 0.717) is 41.0 Å². The van der Waals surface area contributed by atoms with Crippen molar-refractivity contribution in [2.45, 2.75) is 71.1 Å². The summed E-state index contributed by atoms with van der Waals surface area (Å²) in [5, 5.41) is 10.8. The molecule has 9 nitrogen and oxygen atoms in total. The quantitative estimate of drug-likeness (QED) is 0.163. The molecule has 2 aromatic heterocycles. The number of nitrogens with two attached hydrogens (primary N) is 1. The predicted octanol–water partition coefficient (Wildman–Crippen LogP) is 7.08. The number of carbonyl (C=O) groups excluding carboxylic acids is 3. The van der Waals surface area contributed by atoms with E-state index < -0.39 is 0 Å². The zero-order valence-electron chi connectivity index (χ0n) is 27.3. The van der Waals surface area contributed by atoms with Crippen LogP contribution in [0.2, 0.25) is 0 Å². The van der Waals surface area contributed by atoms with Crippen LogP contribution in [0.1, 0.15) is 101 Å². The van der Waals surface area contributed by atoms with Crippen LogP contribution in [0.15, 0.2) is 73.1 Å². The van der Waals surface area contributed by atoms with Crippen molar-refractivity contribution in [1.29, 1.82) is 0 Å². The monoisotopic (exact) mass is 634 g/mol. The molecule has 2 saturated carbocycles. The molecule has 2 heterocycles. The van der Waals surface area contributed by atoms with Crippen molar-refractivity contribution >= 4 is 39.9 Å². The first-order chi connectivity index (χ1) is 22.9. The Morgan fingerprint density at radius 3 is 1.83 bits per heavy atom. The van der Waals surface area contributed by atoms with Crippen LogP contribution in [0.4, 0.5) is 11.4 Å². The van der Waals surface area contributed by atoms with Gasteiger partial charge in [-0.05, 0) is 91.1 Å². The average Bonchev–Trinajstić information content (AvgIpc) is 3.11. The Kier molecular flexibility index (Phi) is 11.9. The third-order valence-corrected chi connectivity index (χ3v) is 9.26. The number of fused-ring (bicyclic) bond motifs is 1. The maximum absolute atomic E-state index is 13.0. The number of carbonyl (C=O) groups is 3. The Hall–Kier alpha value is -4.79. The summed E-state index contributed by atoms with van der Waals surface area (Å²) in [7, 11) is 0. The number of aryl methyl sites for hydroxylation is 1. The summed E-state index contributed by atoms with van der Waals surface area (Å²) in [5.74, 6) is 0.500. The van der Waals surface area contributed by atoms with Gasteiger partial charge in [-0.1, -0.05) is 68.9 Å². The standard InChI is InChI=1S/C25H27N3O2.C13H19N3O/c1-17-13-14-21(20-11-6-5-10-19(17)20)24(29)28-22-12-7-15-26-23(22)25(30)27-16-18-8-3-2-4-9-18;14-11-7-4-8-15-12(11)13(17)16-9-10-5-2-1-3-6-10/h5-7,10-15,18H,2-4,8-9,16H2,1H3,(H,27,30)(H,28,29);4,7-8,10H,1-3,5-6,9,14H2,(H,16,17). The Labute approximate surface area is 277 Å². The Bertz CT molecular complexity index is 1680. The van der Waals surface area contributed by atoms with Gasteiger partial charge in [0.25, 0.3) is 17.7 Å². The van der Waals surface area contributed by atoms with Gasteiger partial charge in [0.15, 0.2) is 11.4 Å². The van der Waals surface area contributed by atoms with Crippen molar-refractivity contribution in [3.05, 3.63) is 95.6 Å². The number of pyridine rings is 2. The molecule has 4 aromatic rings. The number of amides is 3. The molecule has 0 spiro atoms. The molecular formula is C38H46N6O3. The zero-order chi connectivity index (χ0) is 33.0. The molecule has 2 aromatic carbocycles. The van der Waals surface area contributed by atoms with Crippen molar-refractivity contribution in [2.24, 2.45) is 11.8 Å². The molecule has 0 unspecified atom stereocenters. The minimum atomic E-state index is -0.250. The summed E-state index contributed by atoms with van der Waals surface area (Å²) >= 11 is 0. The van der Waals surface area contributed by atoms with Crippen LogP contribution >= 0.6 is 0 Å². The molecule has 47 heavy (non-hydrogen) atoms. The number of nitrogen functional groups attached to an aromatic ring is 1. The third-order valence-electron chi connectivity index (χ3n) is 9.26. The third kappa shape index (κ3) is 9.15. The van der Waals surface area contributed by atoms with E-state index in [4.69, 9.17) is 5.73 Å². The molecule has 6 rings (SSSR count). The molecule has 9 heteroatoms. The van der Waals surface area contributed by atoms with Gasteiger partial charge in [-0.25, -0.2) is 9.97 Å². The van der Waals surface area contributed by atoms with Crippen molar-refractivity contribution in [3.63, 3.8) is 0 Å². The van der Waals surface area contributed by atoms with Gasteiger partial charge in [-0.3, -0.25) is 14.4 Å². The lowest BCUT2D eigenvalue weighted by molar-refractivity contribution is 0.0931. The van der Waals surface area contributed by atoms with E-state index in [2.05, 4.69) is 25.9 Å². The van der Waals surface area contributed by atoms with Crippen LogP contribution < -0.4 is 21.7 Å². The smallest absolute Gasteiger partial charge is 0.272 e. The minimum Gasteiger partial charge on any atom is -0.397 e. The van der Waals surface area contributed by atoms with Crippen LogP contribution in [0.25, 0.3) is 10.8 Å². The molecule has 0 bridgehead atoms. The van der Waals surface area contributed by atoms with Gasteiger partial charge in [-0.2, -0.15) is 0 Å². The fourth-order valence-electron chi connectivity index (χ4n) is 6.56. The molecule has 2 aliphatic carbocycles. The normalized spacial score (nSPS) is 15.3. The number of nitrogens with zero attached hydrogens (tertiary/aromatic N) is 2. The number of hydrogen-bond donors (Lipinski definition) is 4. The molecular weight excluding hydrogens is 588 g/mol. The van der Waals surface area contributed by atoms with E-state index in [1.165, 1.54) is 51.4 Å². The number of anilines is 2. The molecule has 246 valence electrons. The van der Waals surface area contributed by atoms with E-state index in [1.54, 1.807) is 36.7 Å². The van der Waals surface area contributed by atoms with E-state index in [0.717, 1.165) is 35.7 Å². The van der Waals surface area contributed by atoms with Crippen molar-refractivity contribution in [2.75, 3.05) is 24.1 Å². The number of rotatable bonds is 8. The van der Waals surface area contributed by atoms with Gasteiger partial charge in [-0.15, -0.1) is 0 Å². The first-order valence-corrected chi connectivity index (χ1v) is 16.9. The maximum atomic E-state index is 13.0. The van der Waals surface area contributed by atoms with Gasteiger partial charge < -0.3 is 21.7 Å². The number of nitrogens with one attached hydrogen (secondary N) is 3. The van der Waals surface area contributed by atoms with Gasteiger partial charge in [0.2, 0.25) is 0 Å². The SMILES string of the molecule is Cc1ccc(C(=O)Nc2cccnc2C(=O)NCC2CCCCC2)c2ccccc12.Nc1cccnc1C(=O)NCC1CCCCC1. The van der Waals surface area contributed by atoms with Crippen LogP contribution in [0.5, 0.6) is 0 Å². The summed E-state index contributed by atoms with van der Waals surface area (Å²) in [6.45, 7) is 3.43. The number of aromatic nitrogens is 2. The van der Waals surface area contributed by atoms with Gasteiger partial charge in [0, 0.05) is 31.0 Å². The molecule has 0 radical (unpaired) electrons. The van der Waals surface area contributed by atoms with Gasteiger partial charge >= 0.3 is 0 Å². The van der Waals surface area contributed by atoms with Crippen LogP contribution in [-0.2, 0) is 0 Å². The lowest BCUT2D eigenvalue weighted by Gasteiger charge is -2.21. The Morgan fingerprint density at radius 2 is 1.21 bits per heavy atom. The molecule has 0 atom stereocenters. The maximum Gasteiger partial charge on any atom is 0.272 e. The van der Waals surface area contributed by atoms with Gasteiger partial charge in [0.1, 0.15) is 0 Å². The van der Waals surface area contributed by atoms with Crippen LogP contribution in [-0.4, -0.2) is 40.8 Å². The first-order valence-electron chi connectivity index (χ1n) is 16.9. The van der Waals surface area contributed by atoms with E-state index >= 15 is 0 Å². The van der Waals surface area contributed by atoms with E-state index in [-0.39, 0.29) is 23.4 Å². The molecule has 0 saturated heterocycles.